The van der Waals surface area contributed by atoms with E-state index in [1.165, 1.54) is 11.0 Å². The van der Waals surface area contributed by atoms with Crippen molar-refractivity contribution in [2.75, 3.05) is 6.54 Å². The van der Waals surface area contributed by atoms with Crippen LogP contribution in [0.4, 0.5) is 4.79 Å². The molecule has 1 saturated heterocycles. The highest BCUT2D eigenvalue weighted by molar-refractivity contribution is 7.91. The molecule has 3 saturated carbocycles. The fraction of sp³-hybridized carbons (Fsp3) is 0.634. The van der Waals surface area contributed by atoms with Crippen LogP contribution in [-0.4, -0.2) is 83.3 Å². The molecule has 56 heavy (non-hydrogen) atoms. The summed E-state index contributed by atoms with van der Waals surface area (Å²) < 4.78 is 41.9. The van der Waals surface area contributed by atoms with Crippen LogP contribution in [-0.2, 0) is 35.7 Å². The Balaban J connectivity index is 1.23. The van der Waals surface area contributed by atoms with Gasteiger partial charge in [0.25, 0.3) is 11.5 Å². The van der Waals surface area contributed by atoms with Gasteiger partial charge in [0, 0.05) is 30.3 Å². The quantitative estimate of drug-likeness (QED) is 0.360. The fourth-order valence-electron chi connectivity index (χ4n) is 8.77. The van der Waals surface area contributed by atoms with Gasteiger partial charge in [-0.2, -0.15) is 0 Å². The number of carbonyl (C=O) groups excluding carboxylic acids is 4. The summed E-state index contributed by atoms with van der Waals surface area (Å²) in [6.07, 6.45) is 7.95. The monoisotopic (exact) mass is 793 g/mol. The predicted octanol–water partition coefficient (Wildman–Crippen LogP) is 4.29. The topological polar surface area (TPSA) is 182 Å². The van der Waals surface area contributed by atoms with Gasteiger partial charge < -0.3 is 25.0 Å². The molecule has 4 amide bonds. The molecule has 2 aliphatic heterocycles. The van der Waals surface area contributed by atoms with E-state index in [-0.39, 0.29) is 37.0 Å². The average molecular weight is 794 g/mol. The molecular weight excluding hydrogens is 739 g/mol. The number of benzene rings is 1. The maximum absolute atomic E-state index is 14.7. The number of pyridine rings is 1. The minimum atomic E-state index is -3.91. The Kier molecular flexibility index (Phi) is 11.0. The lowest BCUT2D eigenvalue weighted by molar-refractivity contribution is -0.143. The smallest absolute Gasteiger partial charge is 0.408 e. The van der Waals surface area contributed by atoms with Crippen molar-refractivity contribution in [2.24, 2.45) is 17.3 Å². The van der Waals surface area contributed by atoms with Crippen LogP contribution >= 0.6 is 0 Å². The maximum atomic E-state index is 14.7. The zero-order chi connectivity index (χ0) is 40.0. The van der Waals surface area contributed by atoms with Gasteiger partial charge in [-0.25, -0.2) is 13.2 Å². The van der Waals surface area contributed by atoms with Gasteiger partial charge in [-0.05, 0) is 74.2 Å². The van der Waals surface area contributed by atoms with E-state index in [0.717, 1.165) is 51.4 Å². The molecule has 0 radical (unpaired) electrons. The van der Waals surface area contributed by atoms with Gasteiger partial charge in [-0.3, -0.25) is 28.5 Å². The summed E-state index contributed by atoms with van der Waals surface area (Å²) >= 11 is 0. The summed E-state index contributed by atoms with van der Waals surface area (Å²) in [7, 11) is -3.91. The van der Waals surface area contributed by atoms with Crippen molar-refractivity contribution >= 4 is 44.6 Å². The number of hydrogen-bond acceptors (Lipinski definition) is 9. The van der Waals surface area contributed by atoms with Crippen LogP contribution < -0.4 is 25.7 Å². The van der Waals surface area contributed by atoms with Crippen LogP contribution in [0.3, 0.4) is 0 Å². The lowest BCUT2D eigenvalue weighted by Gasteiger charge is -2.35. The highest BCUT2D eigenvalue weighted by Gasteiger charge is 2.62. The molecule has 0 unspecified atom stereocenters. The van der Waals surface area contributed by atoms with Gasteiger partial charge in [0.05, 0.1) is 11.8 Å². The van der Waals surface area contributed by atoms with E-state index >= 15 is 0 Å². The largest absolute Gasteiger partial charge is 0.473 e. The molecule has 1 aromatic heterocycles. The number of rotatable bonds is 6. The van der Waals surface area contributed by atoms with Crippen molar-refractivity contribution in [1.29, 1.82) is 0 Å². The van der Waals surface area contributed by atoms with Gasteiger partial charge in [-0.1, -0.05) is 64.3 Å². The zero-order valence-corrected chi connectivity index (χ0v) is 33.4. The Bertz CT molecular complexity index is 2060. The van der Waals surface area contributed by atoms with Gasteiger partial charge in [-0.15, -0.1) is 6.58 Å². The number of alkyl carbamates (subject to hydrolysis) is 1. The molecule has 7 rings (SSSR count). The Morgan fingerprint density at radius 3 is 2.43 bits per heavy atom. The van der Waals surface area contributed by atoms with Crippen LogP contribution in [0, 0.1) is 17.3 Å². The lowest BCUT2D eigenvalue weighted by atomic mass is 9.85. The normalized spacial score (nSPS) is 30.3. The van der Waals surface area contributed by atoms with E-state index in [1.54, 1.807) is 10.6 Å². The molecule has 7 atom stereocenters. The predicted molar refractivity (Wildman–Crippen MR) is 209 cm³/mol. The third-order valence-corrected chi connectivity index (χ3v) is 14.1. The third kappa shape index (κ3) is 8.19. The minimum Gasteiger partial charge on any atom is -0.473 e. The number of amides is 4. The molecule has 14 nitrogen and oxygen atoms in total. The minimum absolute atomic E-state index is 0.000478. The summed E-state index contributed by atoms with van der Waals surface area (Å²) in [6, 6.07) is 6.82. The van der Waals surface area contributed by atoms with E-state index in [0.29, 0.717) is 36.0 Å². The van der Waals surface area contributed by atoms with Crippen LogP contribution in [0.1, 0.15) is 97.8 Å². The summed E-state index contributed by atoms with van der Waals surface area (Å²) in [5.41, 5.74) is -2.57. The van der Waals surface area contributed by atoms with Crippen LogP contribution in [0.15, 0.2) is 47.8 Å². The first kappa shape index (κ1) is 39.8. The molecule has 3 N–H and O–H groups in total. The molecular formula is C41H55N5O9S. The van der Waals surface area contributed by atoms with Crippen LogP contribution in [0.2, 0.25) is 0 Å². The maximum Gasteiger partial charge on any atom is 0.408 e. The molecule has 4 fully saturated rings. The van der Waals surface area contributed by atoms with E-state index in [9.17, 15) is 32.4 Å². The second-order valence-electron chi connectivity index (χ2n) is 17.5. The molecule has 5 aliphatic rings. The van der Waals surface area contributed by atoms with E-state index < -0.39 is 74.1 Å². The molecule has 3 heterocycles. The number of ether oxygens (including phenoxy) is 2. The molecule has 3 aliphatic carbocycles. The van der Waals surface area contributed by atoms with Crippen LogP contribution in [0.25, 0.3) is 10.8 Å². The van der Waals surface area contributed by atoms with Crippen molar-refractivity contribution in [2.45, 2.75) is 139 Å². The van der Waals surface area contributed by atoms with Crippen molar-refractivity contribution in [3.05, 3.63) is 53.3 Å². The highest BCUT2D eigenvalue weighted by Crippen LogP contribution is 2.45. The van der Waals surface area contributed by atoms with E-state index in [4.69, 9.17) is 9.47 Å². The molecule has 0 spiro atoms. The van der Waals surface area contributed by atoms with Gasteiger partial charge in [0.2, 0.25) is 21.8 Å². The Morgan fingerprint density at radius 2 is 1.71 bits per heavy atom. The molecule has 1 aromatic carbocycles. The van der Waals surface area contributed by atoms with E-state index in [1.807, 2.05) is 45.0 Å². The second-order valence-corrected chi connectivity index (χ2v) is 19.4. The number of carbonyl (C=O) groups is 4. The van der Waals surface area contributed by atoms with Crippen molar-refractivity contribution < 1.29 is 37.1 Å². The third-order valence-electron chi connectivity index (χ3n) is 12.3. The molecule has 304 valence electrons. The van der Waals surface area contributed by atoms with E-state index in [2.05, 4.69) is 21.9 Å². The molecule has 2 aromatic rings. The van der Waals surface area contributed by atoms with Crippen molar-refractivity contribution in [3.8, 4) is 5.88 Å². The summed E-state index contributed by atoms with van der Waals surface area (Å²) in [5.74, 6) is -2.05. The molecule has 2 bridgehead atoms. The average Bonchev–Trinajstić information content (AvgIpc) is 4.04. The van der Waals surface area contributed by atoms with Gasteiger partial charge in [0.15, 0.2) is 5.88 Å². The number of aromatic nitrogens is 1. The standard InChI is InChI=1S/C41H55N5O9S/c1-5-27-23-41(27,38(50)44-56(52,53)29-18-19-29)43-35(47)31-22-28-24-46(31)37(49)34(40(2,3)4)42-39(51)55-32-17-12-15-25(32)13-8-6-7-11-20-45-33(54-28)21-26-14-9-10-16-30(26)36(45)48/h5,9-10,14,16,21,25,27-29,31-32,34H,1,6-8,11-13,15,17-20,22-24H2,2-4H3,(H,42,51)(H,43,47)(H,44,50)/t25-,27-,28-,31+,32-,34-,41-/m1/s1. The number of hydrogen-bond donors (Lipinski definition) is 3. The number of nitrogens with one attached hydrogen (secondary N) is 3. The Hall–Kier alpha value is -4.40. The fourth-order valence-corrected chi connectivity index (χ4v) is 10.1. The Morgan fingerprint density at radius 1 is 0.982 bits per heavy atom. The first-order valence-electron chi connectivity index (χ1n) is 20.2. The number of fused-ring (bicyclic) bond motifs is 5. The van der Waals surface area contributed by atoms with Crippen molar-refractivity contribution in [1.82, 2.24) is 24.8 Å². The van der Waals surface area contributed by atoms with Crippen molar-refractivity contribution in [3.63, 3.8) is 0 Å². The molecule has 15 heteroatoms. The lowest BCUT2D eigenvalue weighted by Crippen LogP contribution is -2.60. The first-order chi connectivity index (χ1) is 26.6. The van der Waals surface area contributed by atoms with Gasteiger partial charge >= 0.3 is 6.09 Å². The second kappa shape index (κ2) is 15.5. The number of nitrogens with zero attached hydrogens (tertiary/aromatic N) is 2. The zero-order valence-electron chi connectivity index (χ0n) is 32.6. The SMILES string of the molecule is C=C[C@@H]1C[C@]1(NC(=O)[C@@H]1C[C@@H]2CN1C(=O)[C@H](C(C)(C)C)NC(=O)O[C@@H]1CCC[C@H]1CCCCCCn1c(cc3ccccc3c1=O)O2)C(=O)NS(=O)(=O)C1CC1. The Labute approximate surface area is 328 Å². The summed E-state index contributed by atoms with van der Waals surface area (Å²) in [4.78, 5) is 71.6. The summed E-state index contributed by atoms with van der Waals surface area (Å²) in [5, 5.41) is 6.26. The van der Waals surface area contributed by atoms with Crippen LogP contribution in [0.5, 0.6) is 5.88 Å². The number of sulfonamides is 1. The van der Waals surface area contributed by atoms with Gasteiger partial charge in [0.1, 0.15) is 29.8 Å². The highest BCUT2D eigenvalue weighted by atomic mass is 32.2. The summed E-state index contributed by atoms with van der Waals surface area (Å²) in [6.45, 7) is 9.59. The first-order valence-corrected chi connectivity index (χ1v) is 21.7.